The van der Waals surface area contributed by atoms with Gasteiger partial charge in [-0.25, -0.2) is 13.2 Å². The second-order valence-electron chi connectivity index (χ2n) is 9.65. The Morgan fingerprint density at radius 1 is 1.03 bits per heavy atom. The number of benzene rings is 2. The molecule has 0 spiro atoms. The predicted molar refractivity (Wildman–Crippen MR) is 135 cm³/mol. The molecule has 0 saturated heterocycles. The van der Waals surface area contributed by atoms with Crippen molar-refractivity contribution in [3.63, 3.8) is 0 Å². The third-order valence-electron chi connectivity index (χ3n) is 7.09. The maximum absolute atomic E-state index is 13.1. The molecule has 2 aromatic carbocycles. The summed E-state index contributed by atoms with van der Waals surface area (Å²) in [6.07, 6.45) is 7.21. The molecule has 1 unspecified atom stereocenters. The van der Waals surface area contributed by atoms with Crippen LogP contribution in [0.5, 0.6) is 5.75 Å². The molecule has 36 heavy (non-hydrogen) atoms. The lowest BCUT2D eigenvalue weighted by Gasteiger charge is -2.22. The molecule has 186 valence electrons. The van der Waals surface area contributed by atoms with Crippen LogP contribution in [0.1, 0.15) is 72.5 Å². The van der Waals surface area contributed by atoms with E-state index in [0.717, 1.165) is 49.7 Å². The summed E-state index contributed by atoms with van der Waals surface area (Å²) in [7, 11) is -3.87. The fourth-order valence-corrected chi connectivity index (χ4v) is 6.17. The Morgan fingerprint density at radius 2 is 1.75 bits per heavy atom. The Morgan fingerprint density at radius 3 is 2.44 bits per heavy atom. The molecule has 1 saturated carbocycles. The average Bonchev–Trinajstić information content (AvgIpc) is 3.68. The minimum absolute atomic E-state index is 0.0450. The minimum atomic E-state index is -3.87. The Bertz CT molecular complexity index is 1480. The molecule has 2 N–H and O–H groups in total. The monoisotopic (exact) mass is 504 g/mol. The van der Waals surface area contributed by atoms with Crippen LogP contribution in [0.4, 0.5) is 5.69 Å². The van der Waals surface area contributed by atoms with Crippen LogP contribution < -0.4 is 10.3 Å². The lowest BCUT2D eigenvalue weighted by molar-refractivity contribution is 0.382. The highest BCUT2D eigenvalue weighted by Gasteiger charge is 2.38. The van der Waals surface area contributed by atoms with Crippen molar-refractivity contribution in [1.29, 1.82) is 5.26 Å². The topological polar surface area (TPSA) is 120 Å². The smallest absolute Gasteiger partial charge is 0.343 e. The number of aromatic hydroxyl groups is 1. The summed E-state index contributed by atoms with van der Waals surface area (Å²) in [5.74, 6) is 0.440. The number of anilines is 1. The van der Waals surface area contributed by atoms with Gasteiger partial charge < -0.3 is 9.52 Å². The number of nitrogens with one attached hydrogen (secondary N) is 1. The number of sulfonamides is 1. The number of hydrogen-bond acceptors (Lipinski definition) is 6. The third kappa shape index (κ3) is 4.89. The van der Waals surface area contributed by atoms with Crippen LogP contribution in [0.3, 0.4) is 0 Å². The van der Waals surface area contributed by atoms with Crippen LogP contribution in [-0.4, -0.2) is 13.5 Å². The first-order valence-electron chi connectivity index (χ1n) is 12.4. The summed E-state index contributed by atoms with van der Waals surface area (Å²) in [6, 6.07) is 14.6. The molecule has 2 aliphatic rings. The number of nitriles is 1. The second-order valence-corrected chi connectivity index (χ2v) is 11.3. The van der Waals surface area contributed by atoms with Crippen molar-refractivity contribution in [1.82, 2.24) is 0 Å². The second kappa shape index (κ2) is 9.82. The van der Waals surface area contributed by atoms with E-state index in [0.29, 0.717) is 29.9 Å². The van der Waals surface area contributed by atoms with Gasteiger partial charge in [0, 0.05) is 23.6 Å². The van der Waals surface area contributed by atoms with Crippen molar-refractivity contribution in [2.24, 2.45) is 5.92 Å². The molecule has 3 aromatic rings. The Balaban J connectivity index is 1.50. The fourth-order valence-electron chi connectivity index (χ4n) is 5.12. The van der Waals surface area contributed by atoms with Gasteiger partial charge >= 0.3 is 5.63 Å². The number of rotatable bonds is 6. The highest BCUT2D eigenvalue weighted by molar-refractivity contribution is 7.92. The first kappa shape index (κ1) is 24.1. The first-order valence-corrected chi connectivity index (χ1v) is 13.9. The molecule has 0 amide bonds. The third-order valence-corrected chi connectivity index (χ3v) is 8.49. The molecular formula is C28H28N2O5S. The summed E-state index contributed by atoms with van der Waals surface area (Å²) in [5, 5.41) is 20.3. The molecule has 0 aliphatic heterocycles. The standard InChI is InChI=1S/C28H28N2O5S/c29-17-18-10-14-22(15-11-18)36(33,34)30-21-7-5-6-20(16-21)25(19-12-13-19)26-27(31)23-8-3-1-2-4-9-24(23)35-28(26)32/h5-7,10-11,14-16,19,25,30-31H,1-4,8-9,12-13H2. The highest BCUT2D eigenvalue weighted by Crippen LogP contribution is 2.49. The van der Waals surface area contributed by atoms with Gasteiger partial charge in [0.05, 0.1) is 22.1 Å². The maximum Gasteiger partial charge on any atom is 0.343 e. The number of fused-ring (bicyclic) bond motifs is 1. The van der Waals surface area contributed by atoms with Crippen LogP contribution in [0.2, 0.25) is 0 Å². The molecule has 8 heteroatoms. The van der Waals surface area contributed by atoms with Crippen molar-refractivity contribution < 1.29 is 17.9 Å². The van der Waals surface area contributed by atoms with Crippen molar-refractivity contribution in [3.05, 3.63) is 87.0 Å². The van der Waals surface area contributed by atoms with Gasteiger partial charge in [-0.2, -0.15) is 5.26 Å². The lowest BCUT2D eigenvalue weighted by Crippen LogP contribution is -2.19. The molecule has 7 nitrogen and oxygen atoms in total. The van der Waals surface area contributed by atoms with E-state index in [1.165, 1.54) is 24.3 Å². The predicted octanol–water partition coefficient (Wildman–Crippen LogP) is 5.22. The zero-order chi connectivity index (χ0) is 25.3. The lowest BCUT2D eigenvalue weighted by atomic mass is 9.85. The summed E-state index contributed by atoms with van der Waals surface area (Å²) in [5.41, 5.74) is 2.01. The SMILES string of the molecule is N#Cc1ccc(S(=O)(=O)Nc2cccc(C(c3c(O)c4c(oc3=O)CCCCCC4)C3CC3)c2)cc1. The largest absolute Gasteiger partial charge is 0.507 e. The van der Waals surface area contributed by atoms with Crippen molar-refractivity contribution in [2.75, 3.05) is 4.72 Å². The van der Waals surface area contributed by atoms with E-state index >= 15 is 0 Å². The molecule has 1 heterocycles. The molecule has 5 rings (SSSR count). The summed E-state index contributed by atoms with van der Waals surface area (Å²) in [4.78, 5) is 13.2. The zero-order valence-corrected chi connectivity index (χ0v) is 20.7. The van der Waals surface area contributed by atoms with E-state index in [-0.39, 0.29) is 28.0 Å². The molecule has 0 radical (unpaired) electrons. The van der Waals surface area contributed by atoms with E-state index in [1.807, 2.05) is 12.1 Å². The van der Waals surface area contributed by atoms with Gasteiger partial charge in [0.2, 0.25) is 0 Å². The fraction of sp³-hybridized carbons (Fsp3) is 0.357. The van der Waals surface area contributed by atoms with E-state index in [9.17, 15) is 18.3 Å². The molecular weight excluding hydrogens is 476 g/mol. The molecule has 1 aromatic heterocycles. The summed E-state index contributed by atoms with van der Waals surface area (Å²) >= 11 is 0. The Kier molecular flexibility index (Phi) is 6.59. The zero-order valence-electron chi connectivity index (χ0n) is 19.9. The van der Waals surface area contributed by atoms with Gasteiger partial charge in [-0.1, -0.05) is 25.0 Å². The van der Waals surface area contributed by atoms with Crippen LogP contribution >= 0.6 is 0 Å². The van der Waals surface area contributed by atoms with Crippen molar-refractivity contribution >= 4 is 15.7 Å². The van der Waals surface area contributed by atoms with E-state index in [2.05, 4.69) is 4.72 Å². The van der Waals surface area contributed by atoms with Gasteiger partial charge in [-0.3, -0.25) is 4.72 Å². The van der Waals surface area contributed by atoms with Crippen molar-refractivity contribution in [2.45, 2.75) is 62.2 Å². The average molecular weight is 505 g/mol. The first-order chi connectivity index (χ1) is 17.4. The number of hydrogen-bond donors (Lipinski definition) is 2. The van der Waals surface area contributed by atoms with Gasteiger partial charge in [0.1, 0.15) is 11.5 Å². The van der Waals surface area contributed by atoms with Gasteiger partial charge in [-0.05, 0) is 80.0 Å². The quantitative estimate of drug-likeness (QED) is 0.475. The van der Waals surface area contributed by atoms with Crippen LogP contribution in [0, 0.1) is 17.2 Å². The molecule has 0 bridgehead atoms. The summed E-state index contributed by atoms with van der Waals surface area (Å²) < 4.78 is 34.2. The van der Waals surface area contributed by atoms with Gasteiger partial charge in [-0.15, -0.1) is 0 Å². The molecule has 1 fully saturated rings. The van der Waals surface area contributed by atoms with Gasteiger partial charge in [0.25, 0.3) is 10.0 Å². The number of nitrogens with zero attached hydrogens (tertiary/aromatic N) is 1. The normalized spacial score (nSPS) is 16.8. The van der Waals surface area contributed by atoms with Crippen molar-refractivity contribution in [3.8, 4) is 11.8 Å². The number of aryl methyl sites for hydroxylation is 1. The Labute approximate surface area is 210 Å². The maximum atomic E-state index is 13.1. The van der Waals surface area contributed by atoms with E-state index in [1.54, 1.807) is 18.2 Å². The van der Waals surface area contributed by atoms with E-state index < -0.39 is 15.6 Å². The molecule has 2 aliphatic carbocycles. The van der Waals surface area contributed by atoms with Crippen LogP contribution in [0.15, 0.2) is 62.6 Å². The van der Waals surface area contributed by atoms with Gasteiger partial charge in [0.15, 0.2) is 0 Å². The molecule has 1 atom stereocenters. The highest BCUT2D eigenvalue weighted by atomic mass is 32.2. The van der Waals surface area contributed by atoms with E-state index in [4.69, 9.17) is 9.68 Å². The van der Waals surface area contributed by atoms with Crippen LogP contribution in [-0.2, 0) is 22.9 Å². The summed E-state index contributed by atoms with van der Waals surface area (Å²) in [6.45, 7) is 0. The minimum Gasteiger partial charge on any atom is -0.507 e. The Hall–Kier alpha value is -3.57. The van der Waals surface area contributed by atoms with Crippen LogP contribution in [0.25, 0.3) is 0 Å².